The lowest BCUT2D eigenvalue weighted by molar-refractivity contribution is 0.240. The SMILES string of the molecule is CCN(CC)CCCN1Cc2cccc(N)c2C1. The first kappa shape index (κ1) is 13.4. The van der Waals surface area contributed by atoms with E-state index in [1.54, 1.807) is 0 Å². The number of rotatable bonds is 6. The maximum absolute atomic E-state index is 6.02. The molecule has 0 saturated heterocycles. The van der Waals surface area contributed by atoms with Crippen molar-refractivity contribution in [3.8, 4) is 0 Å². The maximum Gasteiger partial charge on any atom is 0.0363 e. The molecule has 0 unspecified atom stereocenters. The van der Waals surface area contributed by atoms with Crippen LogP contribution in [0.1, 0.15) is 31.4 Å². The van der Waals surface area contributed by atoms with Crippen LogP contribution < -0.4 is 5.73 Å². The lowest BCUT2D eigenvalue weighted by atomic mass is 10.1. The van der Waals surface area contributed by atoms with Gasteiger partial charge >= 0.3 is 0 Å². The minimum absolute atomic E-state index is 0.957. The number of nitrogens with two attached hydrogens (primary N) is 1. The molecule has 1 aromatic carbocycles. The highest BCUT2D eigenvalue weighted by Crippen LogP contribution is 2.27. The first-order valence-electron chi connectivity index (χ1n) is 7.05. The smallest absolute Gasteiger partial charge is 0.0363 e. The monoisotopic (exact) mass is 247 g/mol. The normalized spacial score (nSPS) is 15.3. The van der Waals surface area contributed by atoms with E-state index in [1.165, 1.54) is 30.6 Å². The average Bonchev–Trinajstić information content (AvgIpc) is 2.79. The molecule has 0 radical (unpaired) electrons. The van der Waals surface area contributed by atoms with Crippen LogP contribution in [0.2, 0.25) is 0 Å². The second-order valence-electron chi connectivity index (χ2n) is 5.08. The molecular weight excluding hydrogens is 222 g/mol. The third-order valence-electron chi connectivity index (χ3n) is 3.93. The lowest BCUT2D eigenvalue weighted by Gasteiger charge is -2.20. The second kappa shape index (κ2) is 6.21. The molecule has 0 aliphatic carbocycles. The van der Waals surface area contributed by atoms with Crippen LogP contribution in [0.25, 0.3) is 0 Å². The summed E-state index contributed by atoms with van der Waals surface area (Å²) in [7, 11) is 0. The summed E-state index contributed by atoms with van der Waals surface area (Å²) < 4.78 is 0. The Morgan fingerprint density at radius 3 is 2.67 bits per heavy atom. The fourth-order valence-corrected chi connectivity index (χ4v) is 2.73. The largest absolute Gasteiger partial charge is 0.398 e. The van der Waals surface area contributed by atoms with Gasteiger partial charge in [-0.05, 0) is 43.2 Å². The zero-order valence-electron chi connectivity index (χ0n) is 11.7. The quantitative estimate of drug-likeness (QED) is 0.783. The number of nitrogen functional groups attached to an aromatic ring is 1. The molecule has 3 nitrogen and oxygen atoms in total. The molecule has 100 valence electrons. The number of benzene rings is 1. The zero-order valence-corrected chi connectivity index (χ0v) is 11.7. The van der Waals surface area contributed by atoms with Crippen molar-refractivity contribution in [1.82, 2.24) is 9.80 Å². The van der Waals surface area contributed by atoms with Crippen molar-refractivity contribution < 1.29 is 0 Å². The third-order valence-corrected chi connectivity index (χ3v) is 3.93. The van der Waals surface area contributed by atoms with E-state index >= 15 is 0 Å². The number of anilines is 1. The molecule has 0 saturated carbocycles. The molecule has 1 aliphatic heterocycles. The van der Waals surface area contributed by atoms with Crippen molar-refractivity contribution in [1.29, 1.82) is 0 Å². The van der Waals surface area contributed by atoms with Gasteiger partial charge in [0.2, 0.25) is 0 Å². The first-order valence-corrected chi connectivity index (χ1v) is 7.05. The summed E-state index contributed by atoms with van der Waals surface area (Å²) in [5, 5.41) is 0. The number of hydrogen-bond acceptors (Lipinski definition) is 3. The summed E-state index contributed by atoms with van der Waals surface area (Å²) >= 11 is 0. The topological polar surface area (TPSA) is 32.5 Å². The van der Waals surface area contributed by atoms with Gasteiger partial charge in [-0.2, -0.15) is 0 Å². The summed E-state index contributed by atoms with van der Waals surface area (Å²) in [5.74, 6) is 0. The molecule has 0 amide bonds. The molecule has 2 rings (SSSR count). The molecule has 1 aromatic rings. The summed E-state index contributed by atoms with van der Waals surface area (Å²) in [5.41, 5.74) is 9.74. The van der Waals surface area contributed by atoms with Gasteiger partial charge in [0.05, 0.1) is 0 Å². The van der Waals surface area contributed by atoms with E-state index in [0.29, 0.717) is 0 Å². The number of nitrogens with zero attached hydrogens (tertiary/aromatic N) is 2. The first-order chi connectivity index (χ1) is 8.74. The van der Waals surface area contributed by atoms with Crippen LogP contribution in [0.3, 0.4) is 0 Å². The second-order valence-corrected chi connectivity index (χ2v) is 5.08. The van der Waals surface area contributed by atoms with E-state index in [0.717, 1.165) is 31.9 Å². The molecule has 2 N–H and O–H groups in total. The van der Waals surface area contributed by atoms with Crippen LogP contribution >= 0.6 is 0 Å². The molecule has 0 bridgehead atoms. The van der Waals surface area contributed by atoms with Crippen molar-refractivity contribution in [3.63, 3.8) is 0 Å². The van der Waals surface area contributed by atoms with Gasteiger partial charge in [-0.15, -0.1) is 0 Å². The van der Waals surface area contributed by atoms with E-state index in [9.17, 15) is 0 Å². The van der Waals surface area contributed by atoms with Crippen LogP contribution in [-0.2, 0) is 13.1 Å². The van der Waals surface area contributed by atoms with Gasteiger partial charge in [0, 0.05) is 25.3 Å². The third kappa shape index (κ3) is 3.03. The lowest BCUT2D eigenvalue weighted by Crippen LogP contribution is -2.27. The predicted octanol–water partition coefficient (Wildman–Crippen LogP) is 2.32. The van der Waals surface area contributed by atoms with Crippen molar-refractivity contribution in [2.45, 2.75) is 33.4 Å². The number of fused-ring (bicyclic) bond motifs is 1. The van der Waals surface area contributed by atoms with Gasteiger partial charge in [0.15, 0.2) is 0 Å². The average molecular weight is 247 g/mol. The van der Waals surface area contributed by atoms with Crippen molar-refractivity contribution in [2.24, 2.45) is 0 Å². The Labute approximate surface area is 111 Å². The maximum atomic E-state index is 6.02. The Morgan fingerprint density at radius 2 is 2.00 bits per heavy atom. The molecule has 0 atom stereocenters. The zero-order chi connectivity index (χ0) is 13.0. The van der Waals surface area contributed by atoms with Crippen LogP contribution in [0, 0.1) is 0 Å². The van der Waals surface area contributed by atoms with E-state index < -0.39 is 0 Å². The standard InChI is InChI=1S/C15H25N3/c1-3-17(4-2)9-6-10-18-11-13-7-5-8-15(16)14(13)12-18/h5,7-8H,3-4,6,9-12,16H2,1-2H3. The molecule has 0 spiro atoms. The summed E-state index contributed by atoms with van der Waals surface area (Å²) in [4.78, 5) is 4.99. The molecular formula is C15H25N3. The molecule has 0 aromatic heterocycles. The Bertz CT molecular complexity index is 385. The molecule has 18 heavy (non-hydrogen) atoms. The molecule has 0 fully saturated rings. The molecule has 3 heteroatoms. The van der Waals surface area contributed by atoms with Gasteiger partial charge in [-0.25, -0.2) is 0 Å². The minimum Gasteiger partial charge on any atom is -0.398 e. The number of hydrogen-bond donors (Lipinski definition) is 1. The highest BCUT2D eigenvalue weighted by molar-refractivity contribution is 5.52. The van der Waals surface area contributed by atoms with Gasteiger partial charge in [-0.3, -0.25) is 4.90 Å². The van der Waals surface area contributed by atoms with E-state index in [2.05, 4.69) is 35.8 Å². The van der Waals surface area contributed by atoms with Gasteiger partial charge in [-0.1, -0.05) is 26.0 Å². The fourth-order valence-electron chi connectivity index (χ4n) is 2.73. The summed E-state index contributed by atoms with van der Waals surface area (Å²) in [6, 6.07) is 6.28. The van der Waals surface area contributed by atoms with Crippen LogP contribution in [0.15, 0.2) is 18.2 Å². The van der Waals surface area contributed by atoms with E-state index in [-0.39, 0.29) is 0 Å². The van der Waals surface area contributed by atoms with Crippen LogP contribution in [0.5, 0.6) is 0 Å². The molecule has 1 aliphatic rings. The Balaban J connectivity index is 1.80. The van der Waals surface area contributed by atoms with Crippen LogP contribution in [-0.4, -0.2) is 36.0 Å². The highest BCUT2D eigenvalue weighted by atomic mass is 15.2. The summed E-state index contributed by atoms with van der Waals surface area (Å²) in [6.45, 7) is 11.2. The van der Waals surface area contributed by atoms with Crippen molar-refractivity contribution >= 4 is 5.69 Å². The predicted molar refractivity (Wildman–Crippen MR) is 77.4 cm³/mol. The van der Waals surface area contributed by atoms with E-state index in [4.69, 9.17) is 5.73 Å². The van der Waals surface area contributed by atoms with Crippen molar-refractivity contribution in [2.75, 3.05) is 31.9 Å². The fraction of sp³-hybridized carbons (Fsp3) is 0.600. The van der Waals surface area contributed by atoms with Gasteiger partial charge in [0.1, 0.15) is 0 Å². The van der Waals surface area contributed by atoms with E-state index in [1.807, 2.05) is 6.07 Å². The highest BCUT2D eigenvalue weighted by Gasteiger charge is 2.19. The Kier molecular flexibility index (Phi) is 4.61. The van der Waals surface area contributed by atoms with Gasteiger partial charge < -0.3 is 10.6 Å². The van der Waals surface area contributed by atoms with Gasteiger partial charge in [0.25, 0.3) is 0 Å². The minimum atomic E-state index is 0.957. The summed E-state index contributed by atoms with van der Waals surface area (Å²) in [6.07, 6.45) is 1.25. The van der Waals surface area contributed by atoms with Crippen LogP contribution in [0.4, 0.5) is 5.69 Å². The van der Waals surface area contributed by atoms with Crippen molar-refractivity contribution in [3.05, 3.63) is 29.3 Å². The Morgan fingerprint density at radius 1 is 1.22 bits per heavy atom. The Hall–Kier alpha value is -1.06. The molecule has 1 heterocycles.